The quantitative estimate of drug-likeness (QED) is 0.432. The van der Waals surface area contributed by atoms with Crippen LogP contribution < -0.4 is 0 Å². The van der Waals surface area contributed by atoms with E-state index in [0.29, 0.717) is 6.29 Å². The van der Waals surface area contributed by atoms with Crippen LogP contribution in [0.2, 0.25) is 0 Å². The Morgan fingerprint density at radius 2 is 1.90 bits per heavy atom. The number of hydrogen-bond donors (Lipinski definition) is 3. The van der Waals surface area contributed by atoms with Crippen LogP contribution in [0.15, 0.2) is 0 Å². The van der Waals surface area contributed by atoms with Crippen molar-refractivity contribution >= 4 is 6.29 Å². The Labute approximate surface area is 59.1 Å². The molecule has 0 bridgehead atoms. The molecule has 4 heteroatoms. The molecule has 0 aromatic rings. The molecular weight excluding hydrogens is 136 g/mol. The Bertz CT molecular complexity index is 102. The van der Waals surface area contributed by atoms with Gasteiger partial charge in [0.15, 0.2) is 0 Å². The summed E-state index contributed by atoms with van der Waals surface area (Å²) in [4.78, 5) is 9.79. The molecule has 0 fully saturated rings. The van der Waals surface area contributed by atoms with Crippen molar-refractivity contribution in [2.24, 2.45) is 0 Å². The molecule has 0 radical (unpaired) electrons. The molecule has 3 atom stereocenters. The van der Waals surface area contributed by atoms with Crippen molar-refractivity contribution in [3.63, 3.8) is 0 Å². The lowest BCUT2D eigenvalue weighted by Crippen LogP contribution is -2.35. The monoisotopic (exact) mass is 148 g/mol. The lowest BCUT2D eigenvalue weighted by Gasteiger charge is -2.17. The van der Waals surface area contributed by atoms with Crippen LogP contribution in [0.5, 0.6) is 0 Å². The van der Waals surface area contributed by atoms with Gasteiger partial charge >= 0.3 is 0 Å². The minimum absolute atomic E-state index is 0.147. The standard InChI is InChI=1S/C6H12O4/c1-4(8)6(10)5(9)2-3-7/h3-6,8-10H,2H2,1H3/t4-,5+,6-/m0/s1. The van der Waals surface area contributed by atoms with E-state index in [4.69, 9.17) is 15.3 Å². The van der Waals surface area contributed by atoms with Crippen LogP contribution in [-0.4, -0.2) is 39.9 Å². The molecule has 0 aromatic carbocycles. The lowest BCUT2D eigenvalue weighted by molar-refractivity contribution is -0.113. The van der Waals surface area contributed by atoms with Gasteiger partial charge in [-0.15, -0.1) is 0 Å². The van der Waals surface area contributed by atoms with Crippen molar-refractivity contribution < 1.29 is 20.1 Å². The Morgan fingerprint density at radius 1 is 1.40 bits per heavy atom. The zero-order chi connectivity index (χ0) is 8.15. The second kappa shape index (κ2) is 4.38. The number of carbonyl (C=O) groups excluding carboxylic acids is 1. The molecule has 0 amide bonds. The largest absolute Gasteiger partial charge is 0.391 e. The van der Waals surface area contributed by atoms with E-state index in [1.807, 2.05) is 0 Å². The smallest absolute Gasteiger partial charge is 0.122 e. The number of hydrogen-bond acceptors (Lipinski definition) is 4. The summed E-state index contributed by atoms with van der Waals surface area (Å²) in [6.45, 7) is 1.35. The molecule has 0 spiro atoms. The highest BCUT2D eigenvalue weighted by atomic mass is 16.4. The first-order valence-corrected chi connectivity index (χ1v) is 3.07. The van der Waals surface area contributed by atoms with Crippen LogP contribution in [0.25, 0.3) is 0 Å². The molecule has 0 aliphatic rings. The molecule has 10 heavy (non-hydrogen) atoms. The Hall–Kier alpha value is -0.450. The van der Waals surface area contributed by atoms with Crippen LogP contribution in [0.4, 0.5) is 0 Å². The molecule has 4 nitrogen and oxygen atoms in total. The van der Waals surface area contributed by atoms with Gasteiger partial charge in [0.1, 0.15) is 12.4 Å². The normalized spacial score (nSPS) is 19.6. The number of carbonyl (C=O) groups is 1. The summed E-state index contributed by atoms with van der Waals surface area (Å²) in [5.41, 5.74) is 0. The highest BCUT2D eigenvalue weighted by molar-refractivity contribution is 5.50. The van der Waals surface area contributed by atoms with Gasteiger partial charge in [-0.1, -0.05) is 0 Å². The van der Waals surface area contributed by atoms with E-state index < -0.39 is 18.3 Å². The zero-order valence-corrected chi connectivity index (χ0v) is 5.77. The highest BCUT2D eigenvalue weighted by Crippen LogP contribution is 2.01. The van der Waals surface area contributed by atoms with Gasteiger partial charge in [-0.25, -0.2) is 0 Å². The lowest BCUT2D eigenvalue weighted by atomic mass is 10.1. The van der Waals surface area contributed by atoms with Crippen LogP contribution in [-0.2, 0) is 4.79 Å². The second-order valence-corrected chi connectivity index (χ2v) is 2.20. The minimum atomic E-state index is -1.23. The zero-order valence-electron chi connectivity index (χ0n) is 5.77. The third-order valence-electron chi connectivity index (χ3n) is 1.23. The molecule has 0 saturated carbocycles. The molecule has 60 valence electrons. The van der Waals surface area contributed by atoms with Crippen LogP contribution in [0.3, 0.4) is 0 Å². The second-order valence-electron chi connectivity index (χ2n) is 2.20. The van der Waals surface area contributed by atoms with E-state index in [2.05, 4.69) is 0 Å². The number of aliphatic hydroxyl groups excluding tert-OH is 3. The molecule has 3 N–H and O–H groups in total. The van der Waals surface area contributed by atoms with Crippen LogP contribution >= 0.6 is 0 Å². The first-order chi connectivity index (χ1) is 4.59. The third kappa shape index (κ3) is 2.91. The van der Waals surface area contributed by atoms with Gasteiger partial charge in [0.2, 0.25) is 0 Å². The fraction of sp³-hybridized carbons (Fsp3) is 0.833. The van der Waals surface area contributed by atoms with Gasteiger partial charge in [-0.3, -0.25) is 0 Å². The van der Waals surface area contributed by atoms with Crippen molar-refractivity contribution in [3.8, 4) is 0 Å². The topological polar surface area (TPSA) is 77.8 Å². The highest BCUT2D eigenvalue weighted by Gasteiger charge is 2.19. The SMILES string of the molecule is C[C@H](O)[C@H](O)[C@H](O)CC=O. The summed E-state index contributed by atoms with van der Waals surface area (Å²) >= 11 is 0. The molecule has 0 heterocycles. The van der Waals surface area contributed by atoms with Gasteiger partial charge in [0.25, 0.3) is 0 Å². The summed E-state index contributed by atoms with van der Waals surface area (Å²) in [5.74, 6) is 0. The molecular formula is C6H12O4. The molecule has 0 aliphatic heterocycles. The summed E-state index contributed by atoms with van der Waals surface area (Å²) in [6, 6.07) is 0. The molecule has 0 aromatic heterocycles. The number of rotatable bonds is 4. The summed E-state index contributed by atoms with van der Waals surface area (Å²) < 4.78 is 0. The first-order valence-electron chi connectivity index (χ1n) is 3.07. The third-order valence-corrected chi connectivity index (χ3v) is 1.23. The van der Waals surface area contributed by atoms with E-state index >= 15 is 0 Å². The Morgan fingerprint density at radius 3 is 2.20 bits per heavy atom. The van der Waals surface area contributed by atoms with Gasteiger partial charge in [0, 0.05) is 6.42 Å². The Kier molecular flexibility index (Phi) is 4.18. The summed E-state index contributed by atoms with van der Waals surface area (Å²) in [5, 5.41) is 26.4. The first kappa shape index (κ1) is 9.55. The van der Waals surface area contributed by atoms with E-state index in [0.717, 1.165) is 0 Å². The van der Waals surface area contributed by atoms with Crippen molar-refractivity contribution in [3.05, 3.63) is 0 Å². The predicted octanol–water partition coefficient (Wildman–Crippen LogP) is -1.32. The number of aliphatic hydroxyl groups is 3. The fourth-order valence-corrected chi connectivity index (χ4v) is 0.560. The van der Waals surface area contributed by atoms with Gasteiger partial charge < -0.3 is 20.1 Å². The maximum Gasteiger partial charge on any atom is 0.122 e. The maximum absolute atomic E-state index is 9.79. The van der Waals surface area contributed by atoms with Crippen molar-refractivity contribution in [1.82, 2.24) is 0 Å². The van der Waals surface area contributed by atoms with E-state index in [9.17, 15) is 4.79 Å². The van der Waals surface area contributed by atoms with Crippen molar-refractivity contribution in [2.45, 2.75) is 31.7 Å². The van der Waals surface area contributed by atoms with Crippen LogP contribution in [0.1, 0.15) is 13.3 Å². The molecule has 0 unspecified atom stereocenters. The average Bonchev–Trinajstić information content (AvgIpc) is 1.87. The summed E-state index contributed by atoms with van der Waals surface area (Å²) in [6.07, 6.45) is -3.04. The Balaban J connectivity index is 3.68. The van der Waals surface area contributed by atoms with E-state index in [1.54, 1.807) is 0 Å². The maximum atomic E-state index is 9.79. The van der Waals surface area contributed by atoms with Crippen LogP contribution in [0, 0.1) is 0 Å². The minimum Gasteiger partial charge on any atom is -0.391 e. The van der Waals surface area contributed by atoms with Gasteiger partial charge in [-0.2, -0.15) is 0 Å². The molecule has 0 aliphatic carbocycles. The molecule has 0 saturated heterocycles. The van der Waals surface area contributed by atoms with Crippen molar-refractivity contribution in [1.29, 1.82) is 0 Å². The summed E-state index contributed by atoms with van der Waals surface area (Å²) in [7, 11) is 0. The van der Waals surface area contributed by atoms with E-state index in [1.165, 1.54) is 6.92 Å². The predicted molar refractivity (Wildman–Crippen MR) is 34.4 cm³/mol. The number of aldehydes is 1. The van der Waals surface area contributed by atoms with Crippen molar-refractivity contribution in [2.75, 3.05) is 0 Å². The average molecular weight is 148 g/mol. The van der Waals surface area contributed by atoms with E-state index in [-0.39, 0.29) is 6.42 Å². The van der Waals surface area contributed by atoms with Gasteiger partial charge in [0.05, 0.1) is 12.2 Å². The fourth-order valence-electron chi connectivity index (χ4n) is 0.560. The van der Waals surface area contributed by atoms with Gasteiger partial charge in [-0.05, 0) is 6.92 Å². The molecule has 0 rings (SSSR count).